The van der Waals surface area contributed by atoms with Crippen molar-refractivity contribution in [2.24, 2.45) is 0 Å². The predicted molar refractivity (Wildman–Crippen MR) is 71.8 cm³/mol. The zero-order valence-electron chi connectivity index (χ0n) is 9.30. The number of esters is 1. The molecule has 0 radical (unpaired) electrons. The second-order valence-electron chi connectivity index (χ2n) is 3.41. The fourth-order valence-electron chi connectivity index (χ4n) is 1.25. The summed E-state index contributed by atoms with van der Waals surface area (Å²) in [4.78, 5) is 10.9. The van der Waals surface area contributed by atoms with Gasteiger partial charge in [0, 0.05) is 13.1 Å². The Bertz CT molecular complexity index is 387. The topological polar surface area (TPSA) is 58.6 Å². The lowest BCUT2D eigenvalue weighted by atomic mass is 10.2. The minimum Gasteiger partial charge on any atom is -0.506 e. The van der Waals surface area contributed by atoms with Crippen LogP contribution >= 0.6 is 31.9 Å². The minimum absolute atomic E-state index is 0.184. The number of benzene rings is 1. The number of phenolic OH excluding ortho intramolecular Hbond substituents is 1. The second kappa shape index (κ2) is 6.98. The predicted octanol–water partition coefficient (Wildman–Crippen LogP) is 2.57. The molecule has 1 aromatic carbocycles. The fraction of sp³-hybridized carbons (Fsp3) is 0.364. The molecule has 0 aromatic heterocycles. The Hall–Kier alpha value is -0.590. The molecule has 0 spiro atoms. The summed E-state index contributed by atoms with van der Waals surface area (Å²) in [6.45, 7) is 1.18. The number of rotatable bonds is 5. The van der Waals surface area contributed by atoms with E-state index in [-0.39, 0.29) is 11.7 Å². The van der Waals surface area contributed by atoms with Crippen molar-refractivity contribution < 1.29 is 14.6 Å². The first kappa shape index (κ1) is 14.5. The van der Waals surface area contributed by atoms with Crippen LogP contribution in [0, 0.1) is 0 Å². The smallest absolute Gasteiger partial charge is 0.306 e. The van der Waals surface area contributed by atoms with Crippen LogP contribution in [0.1, 0.15) is 12.0 Å². The largest absolute Gasteiger partial charge is 0.506 e. The fourth-order valence-corrected chi connectivity index (χ4v) is 2.53. The molecule has 17 heavy (non-hydrogen) atoms. The van der Waals surface area contributed by atoms with Crippen LogP contribution in [0.2, 0.25) is 0 Å². The molecule has 0 fully saturated rings. The van der Waals surface area contributed by atoms with Crippen LogP contribution in [0.3, 0.4) is 0 Å². The van der Waals surface area contributed by atoms with Gasteiger partial charge in [-0.25, -0.2) is 0 Å². The third-order valence-electron chi connectivity index (χ3n) is 2.14. The average molecular weight is 367 g/mol. The van der Waals surface area contributed by atoms with Gasteiger partial charge in [0.25, 0.3) is 0 Å². The highest BCUT2D eigenvalue weighted by Crippen LogP contribution is 2.33. The van der Waals surface area contributed by atoms with Crippen LogP contribution in [0.15, 0.2) is 21.1 Å². The first-order chi connectivity index (χ1) is 8.04. The van der Waals surface area contributed by atoms with Crippen LogP contribution in [0.25, 0.3) is 0 Å². The van der Waals surface area contributed by atoms with Crippen molar-refractivity contribution in [2.75, 3.05) is 13.7 Å². The Labute approximate surface area is 117 Å². The van der Waals surface area contributed by atoms with Crippen molar-refractivity contribution in [3.05, 3.63) is 26.6 Å². The van der Waals surface area contributed by atoms with Gasteiger partial charge in [0.15, 0.2) is 0 Å². The van der Waals surface area contributed by atoms with Crippen LogP contribution < -0.4 is 5.32 Å². The lowest BCUT2D eigenvalue weighted by Gasteiger charge is -2.07. The molecule has 0 unspecified atom stereocenters. The Morgan fingerprint density at radius 2 is 2.00 bits per heavy atom. The van der Waals surface area contributed by atoms with Gasteiger partial charge >= 0.3 is 5.97 Å². The van der Waals surface area contributed by atoms with E-state index in [4.69, 9.17) is 0 Å². The zero-order chi connectivity index (χ0) is 12.8. The van der Waals surface area contributed by atoms with Gasteiger partial charge in [-0.15, -0.1) is 0 Å². The highest BCUT2D eigenvalue weighted by Gasteiger charge is 2.06. The maximum atomic E-state index is 10.9. The monoisotopic (exact) mass is 365 g/mol. The molecule has 0 aliphatic carbocycles. The third-order valence-corrected chi connectivity index (χ3v) is 3.35. The van der Waals surface area contributed by atoms with Gasteiger partial charge in [0.05, 0.1) is 22.5 Å². The van der Waals surface area contributed by atoms with E-state index >= 15 is 0 Å². The summed E-state index contributed by atoms with van der Waals surface area (Å²) in [5.74, 6) is -0.0473. The van der Waals surface area contributed by atoms with Gasteiger partial charge in [-0.05, 0) is 49.6 Å². The molecule has 0 aliphatic heterocycles. The maximum absolute atomic E-state index is 10.9. The minimum atomic E-state index is -0.231. The van der Waals surface area contributed by atoms with E-state index in [9.17, 15) is 9.90 Å². The van der Waals surface area contributed by atoms with Gasteiger partial charge < -0.3 is 15.2 Å². The zero-order valence-corrected chi connectivity index (χ0v) is 12.5. The van der Waals surface area contributed by atoms with Crippen molar-refractivity contribution >= 4 is 37.8 Å². The summed E-state index contributed by atoms with van der Waals surface area (Å²) in [6, 6.07) is 3.65. The van der Waals surface area contributed by atoms with E-state index < -0.39 is 0 Å². The number of ether oxygens (including phenoxy) is 1. The number of nitrogens with one attached hydrogen (secondary N) is 1. The van der Waals surface area contributed by atoms with Crippen LogP contribution in [0.5, 0.6) is 5.75 Å². The molecule has 0 amide bonds. The number of aromatic hydroxyl groups is 1. The first-order valence-corrected chi connectivity index (χ1v) is 6.57. The summed E-state index contributed by atoms with van der Waals surface area (Å²) < 4.78 is 5.80. The van der Waals surface area contributed by atoms with Gasteiger partial charge in [-0.3, -0.25) is 4.79 Å². The first-order valence-electron chi connectivity index (χ1n) is 4.99. The quantitative estimate of drug-likeness (QED) is 0.621. The van der Waals surface area contributed by atoms with E-state index in [1.165, 1.54) is 7.11 Å². The summed E-state index contributed by atoms with van der Waals surface area (Å²) in [7, 11) is 1.37. The van der Waals surface area contributed by atoms with Crippen molar-refractivity contribution in [3.63, 3.8) is 0 Å². The lowest BCUT2D eigenvalue weighted by molar-refractivity contribution is -0.140. The highest BCUT2D eigenvalue weighted by molar-refractivity contribution is 9.11. The molecule has 0 atom stereocenters. The number of carbonyl (C=O) groups is 1. The molecule has 0 saturated heterocycles. The van der Waals surface area contributed by atoms with E-state index in [2.05, 4.69) is 41.9 Å². The standard InChI is InChI=1S/C11H13Br2NO3/c1-17-10(15)2-3-14-6-7-4-8(12)11(16)9(13)5-7/h4-5,14,16H,2-3,6H2,1H3. The Kier molecular flexibility index (Phi) is 5.94. The molecule has 0 heterocycles. The van der Waals surface area contributed by atoms with Gasteiger partial charge in [-0.2, -0.15) is 0 Å². The van der Waals surface area contributed by atoms with Gasteiger partial charge in [0.2, 0.25) is 0 Å². The molecule has 0 saturated carbocycles. The average Bonchev–Trinajstić information content (AvgIpc) is 2.31. The van der Waals surface area contributed by atoms with Crippen molar-refractivity contribution in [1.29, 1.82) is 0 Å². The number of carbonyl (C=O) groups excluding carboxylic acids is 1. The van der Waals surface area contributed by atoms with Gasteiger partial charge in [-0.1, -0.05) is 0 Å². The third kappa shape index (κ3) is 4.65. The summed E-state index contributed by atoms with van der Waals surface area (Å²) in [6.07, 6.45) is 0.344. The van der Waals surface area contributed by atoms with Crippen LogP contribution in [0.4, 0.5) is 0 Å². The highest BCUT2D eigenvalue weighted by atomic mass is 79.9. The summed E-state index contributed by atoms with van der Waals surface area (Å²) >= 11 is 6.52. The van der Waals surface area contributed by atoms with Crippen molar-refractivity contribution in [2.45, 2.75) is 13.0 Å². The van der Waals surface area contributed by atoms with Gasteiger partial charge in [0.1, 0.15) is 5.75 Å². The molecule has 0 bridgehead atoms. The Morgan fingerprint density at radius 3 is 2.53 bits per heavy atom. The van der Waals surface area contributed by atoms with Crippen LogP contribution in [-0.4, -0.2) is 24.7 Å². The number of methoxy groups -OCH3 is 1. The van der Waals surface area contributed by atoms with Crippen molar-refractivity contribution in [1.82, 2.24) is 5.32 Å². The normalized spacial score (nSPS) is 10.3. The molecule has 0 aliphatic rings. The van der Waals surface area contributed by atoms with Crippen molar-refractivity contribution in [3.8, 4) is 5.75 Å². The molecular formula is C11H13Br2NO3. The van der Waals surface area contributed by atoms with E-state index in [0.29, 0.717) is 28.5 Å². The second-order valence-corrected chi connectivity index (χ2v) is 5.12. The van der Waals surface area contributed by atoms with E-state index in [1.54, 1.807) is 0 Å². The molecular weight excluding hydrogens is 354 g/mol. The lowest BCUT2D eigenvalue weighted by Crippen LogP contribution is -2.18. The molecule has 1 aromatic rings. The Morgan fingerprint density at radius 1 is 1.41 bits per heavy atom. The number of hydrogen-bond acceptors (Lipinski definition) is 4. The number of halogens is 2. The SMILES string of the molecule is COC(=O)CCNCc1cc(Br)c(O)c(Br)c1. The summed E-state index contributed by atoms with van der Waals surface area (Å²) in [5.41, 5.74) is 1.01. The maximum Gasteiger partial charge on any atom is 0.306 e. The molecule has 1 rings (SSSR count). The van der Waals surface area contributed by atoms with Crippen LogP contribution in [-0.2, 0) is 16.1 Å². The molecule has 4 nitrogen and oxygen atoms in total. The van der Waals surface area contributed by atoms with E-state index in [1.807, 2.05) is 12.1 Å². The molecule has 6 heteroatoms. The number of hydrogen-bond donors (Lipinski definition) is 2. The Balaban J connectivity index is 2.45. The molecule has 94 valence electrons. The molecule has 2 N–H and O–H groups in total. The number of phenols is 1. The van der Waals surface area contributed by atoms with E-state index in [0.717, 1.165) is 5.56 Å². The summed E-state index contributed by atoms with van der Waals surface area (Å²) in [5, 5.41) is 12.6.